The van der Waals surface area contributed by atoms with E-state index >= 15 is 0 Å². The highest BCUT2D eigenvalue weighted by atomic mass is 35.5. The van der Waals surface area contributed by atoms with Crippen LogP contribution in [-0.2, 0) is 6.54 Å². The fraction of sp³-hybridized carbons (Fsp3) is 0.231. The summed E-state index contributed by atoms with van der Waals surface area (Å²) in [6.45, 7) is 2.61. The summed E-state index contributed by atoms with van der Waals surface area (Å²) in [6.07, 6.45) is 3.57. The molecule has 6 heteroatoms. The van der Waals surface area contributed by atoms with Gasteiger partial charge in [-0.25, -0.2) is 4.79 Å². The number of rotatable bonds is 5. The summed E-state index contributed by atoms with van der Waals surface area (Å²) in [7, 11) is 0. The molecule has 0 aliphatic carbocycles. The van der Waals surface area contributed by atoms with E-state index in [-0.39, 0.29) is 11.6 Å². The average molecular weight is 280 g/mol. The summed E-state index contributed by atoms with van der Waals surface area (Å²) >= 11 is 5.81. The van der Waals surface area contributed by atoms with E-state index in [0.29, 0.717) is 17.3 Å². The highest BCUT2D eigenvalue weighted by Gasteiger charge is 2.13. The molecule has 0 radical (unpaired) electrons. The third-order valence-corrected chi connectivity index (χ3v) is 2.87. The van der Waals surface area contributed by atoms with Crippen LogP contribution in [-0.4, -0.2) is 26.9 Å². The van der Waals surface area contributed by atoms with Gasteiger partial charge in [0.2, 0.25) is 0 Å². The van der Waals surface area contributed by atoms with Crippen LogP contribution in [0.25, 0.3) is 0 Å². The molecule has 0 saturated heterocycles. The summed E-state index contributed by atoms with van der Waals surface area (Å²) in [5.41, 5.74) is 0.719. The van der Waals surface area contributed by atoms with Crippen molar-refractivity contribution in [2.45, 2.75) is 19.5 Å². The van der Waals surface area contributed by atoms with E-state index < -0.39 is 5.97 Å². The zero-order chi connectivity index (χ0) is 13.8. The zero-order valence-electron chi connectivity index (χ0n) is 10.4. The monoisotopic (exact) mass is 279 g/mol. The lowest BCUT2D eigenvalue weighted by molar-refractivity contribution is 0.0698. The van der Waals surface area contributed by atoms with E-state index in [9.17, 15) is 4.79 Å². The molecular weight excluding hydrogens is 266 g/mol. The molecule has 1 aromatic carbocycles. The first kappa shape index (κ1) is 13.4. The number of anilines is 1. The number of carbonyl (C=O) groups is 1. The summed E-state index contributed by atoms with van der Waals surface area (Å²) in [4.78, 5) is 11.2. The van der Waals surface area contributed by atoms with Gasteiger partial charge in [0, 0.05) is 29.1 Å². The van der Waals surface area contributed by atoms with E-state index in [2.05, 4.69) is 10.4 Å². The minimum atomic E-state index is -1.00. The molecule has 2 rings (SSSR count). The van der Waals surface area contributed by atoms with Crippen molar-refractivity contribution >= 4 is 23.3 Å². The van der Waals surface area contributed by atoms with Crippen LogP contribution in [0.2, 0.25) is 5.02 Å². The van der Waals surface area contributed by atoms with Gasteiger partial charge in [-0.3, -0.25) is 4.68 Å². The largest absolute Gasteiger partial charge is 0.478 e. The van der Waals surface area contributed by atoms with Crippen LogP contribution in [0.3, 0.4) is 0 Å². The molecule has 0 aliphatic rings. The number of halogens is 1. The number of hydrogen-bond acceptors (Lipinski definition) is 3. The van der Waals surface area contributed by atoms with Gasteiger partial charge in [-0.15, -0.1) is 0 Å². The first-order valence-corrected chi connectivity index (χ1v) is 6.21. The van der Waals surface area contributed by atoms with Crippen LogP contribution >= 0.6 is 11.6 Å². The van der Waals surface area contributed by atoms with E-state index in [1.807, 2.05) is 19.2 Å². The van der Waals surface area contributed by atoms with Crippen LogP contribution in [0, 0.1) is 0 Å². The standard InChI is InChI=1S/C13H14ClN3O2/c1-9(8-17-6-2-5-15-17)16-12-4-3-10(14)7-11(12)13(18)19/h2-7,9,16H,8H2,1H3,(H,18,19). The van der Waals surface area contributed by atoms with E-state index in [1.54, 1.807) is 23.0 Å². The van der Waals surface area contributed by atoms with Crippen LogP contribution in [0.4, 0.5) is 5.69 Å². The lowest BCUT2D eigenvalue weighted by Crippen LogP contribution is -2.23. The van der Waals surface area contributed by atoms with Gasteiger partial charge in [0.1, 0.15) is 0 Å². The molecule has 0 aliphatic heterocycles. The summed E-state index contributed by atoms with van der Waals surface area (Å²) in [6, 6.07) is 6.66. The van der Waals surface area contributed by atoms with E-state index in [4.69, 9.17) is 16.7 Å². The molecule has 0 fully saturated rings. The Labute approximate surface area is 115 Å². The minimum absolute atomic E-state index is 0.0409. The summed E-state index contributed by atoms with van der Waals surface area (Å²) < 4.78 is 1.79. The fourth-order valence-corrected chi connectivity index (χ4v) is 1.99. The first-order valence-electron chi connectivity index (χ1n) is 5.83. The number of carboxylic acids is 1. The maximum atomic E-state index is 11.2. The second-order valence-corrected chi connectivity index (χ2v) is 4.70. The van der Waals surface area contributed by atoms with Gasteiger partial charge in [-0.1, -0.05) is 11.6 Å². The molecule has 1 aromatic heterocycles. The van der Waals surface area contributed by atoms with E-state index in [1.165, 1.54) is 6.07 Å². The quantitative estimate of drug-likeness (QED) is 0.883. The highest BCUT2D eigenvalue weighted by molar-refractivity contribution is 6.31. The molecule has 2 N–H and O–H groups in total. The van der Waals surface area contributed by atoms with Crippen molar-refractivity contribution in [3.05, 3.63) is 47.2 Å². The Bertz CT molecular complexity index is 569. The number of nitrogens with zero attached hydrogens (tertiary/aromatic N) is 2. The molecule has 0 bridgehead atoms. The maximum absolute atomic E-state index is 11.2. The molecule has 2 aromatic rings. The van der Waals surface area contributed by atoms with Crippen molar-refractivity contribution in [2.75, 3.05) is 5.32 Å². The Balaban J connectivity index is 2.12. The third-order valence-electron chi connectivity index (χ3n) is 2.63. The number of nitrogens with one attached hydrogen (secondary N) is 1. The van der Waals surface area contributed by atoms with Crippen molar-refractivity contribution < 1.29 is 9.90 Å². The molecule has 1 atom stereocenters. The highest BCUT2D eigenvalue weighted by Crippen LogP contribution is 2.21. The zero-order valence-corrected chi connectivity index (χ0v) is 11.1. The molecule has 1 unspecified atom stereocenters. The van der Waals surface area contributed by atoms with E-state index in [0.717, 1.165) is 0 Å². The summed E-state index contributed by atoms with van der Waals surface area (Å²) in [5, 5.41) is 16.8. The SMILES string of the molecule is CC(Cn1cccn1)Nc1ccc(Cl)cc1C(=O)O. The van der Waals surface area contributed by atoms with Crippen LogP contribution in [0.1, 0.15) is 17.3 Å². The molecule has 0 amide bonds. The summed E-state index contributed by atoms with van der Waals surface area (Å²) in [5.74, 6) is -1.00. The first-order chi connectivity index (χ1) is 9.06. The van der Waals surface area contributed by atoms with Crippen LogP contribution in [0.15, 0.2) is 36.7 Å². The Morgan fingerprint density at radius 2 is 2.37 bits per heavy atom. The second-order valence-electron chi connectivity index (χ2n) is 4.27. The minimum Gasteiger partial charge on any atom is -0.478 e. The van der Waals surface area contributed by atoms with Gasteiger partial charge < -0.3 is 10.4 Å². The van der Waals surface area contributed by atoms with Crippen molar-refractivity contribution in [1.82, 2.24) is 9.78 Å². The molecule has 5 nitrogen and oxygen atoms in total. The average Bonchev–Trinajstić information content (AvgIpc) is 2.83. The Morgan fingerprint density at radius 1 is 1.58 bits per heavy atom. The van der Waals surface area contributed by atoms with Gasteiger partial charge in [0.15, 0.2) is 0 Å². The molecule has 100 valence electrons. The van der Waals surface area contributed by atoms with Gasteiger partial charge in [0.05, 0.1) is 12.1 Å². The topological polar surface area (TPSA) is 67.2 Å². The van der Waals surface area contributed by atoms with Gasteiger partial charge in [-0.05, 0) is 31.2 Å². The Morgan fingerprint density at radius 3 is 3.00 bits per heavy atom. The molecule has 0 saturated carbocycles. The van der Waals surface area contributed by atoms with Gasteiger partial charge in [-0.2, -0.15) is 5.10 Å². The lowest BCUT2D eigenvalue weighted by atomic mass is 10.1. The number of carboxylic acid groups (broad SMARTS) is 1. The molecule has 1 heterocycles. The number of aromatic carboxylic acids is 1. The number of hydrogen-bond donors (Lipinski definition) is 2. The predicted octanol–water partition coefficient (Wildman–Crippen LogP) is 2.74. The maximum Gasteiger partial charge on any atom is 0.337 e. The second kappa shape index (κ2) is 5.75. The van der Waals surface area contributed by atoms with Crippen molar-refractivity contribution in [3.8, 4) is 0 Å². The number of aromatic nitrogens is 2. The Kier molecular flexibility index (Phi) is 4.06. The predicted molar refractivity (Wildman–Crippen MR) is 73.7 cm³/mol. The van der Waals surface area contributed by atoms with Crippen molar-refractivity contribution in [3.63, 3.8) is 0 Å². The molecule has 19 heavy (non-hydrogen) atoms. The smallest absolute Gasteiger partial charge is 0.337 e. The van der Waals surface area contributed by atoms with Gasteiger partial charge >= 0.3 is 5.97 Å². The lowest BCUT2D eigenvalue weighted by Gasteiger charge is -2.17. The third kappa shape index (κ3) is 3.48. The fourth-order valence-electron chi connectivity index (χ4n) is 1.82. The van der Waals surface area contributed by atoms with Crippen LogP contribution in [0.5, 0.6) is 0 Å². The van der Waals surface area contributed by atoms with Gasteiger partial charge in [0.25, 0.3) is 0 Å². The normalized spacial score (nSPS) is 12.1. The van der Waals surface area contributed by atoms with Crippen molar-refractivity contribution in [2.24, 2.45) is 0 Å². The van der Waals surface area contributed by atoms with Crippen molar-refractivity contribution in [1.29, 1.82) is 0 Å². The molecule has 0 spiro atoms. The van der Waals surface area contributed by atoms with Crippen LogP contribution < -0.4 is 5.32 Å². The Hall–Kier alpha value is -2.01. The number of benzene rings is 1. The molecular formula is C13H14ClN3O2.